The lowest BCUT2D eigenvalue weighted by molar-refractivity contribution is -0.126. The molecule has 1 amide bonds. The van der Waals surface area contributed by atoms with Crippen LogP contribution in [0.3, 0.4) is 0 Å². The fourth-order valence-corrected chi connectivity index (χ4v) is 6.24. The monoisotopic (exact) mass is 479 g/mol. The molecule has 0 unspecified atom stereocenters. The van der Waals surface area contributed by atoms with E-state index in [0.29, 0.717) is 55.2 Å². The van der Waals surface area contributed by atoms with Crippen molar-refractivity contribution in [3.8, 4) is 0 Å². The van der Waals surface area contributed by atoms with Crippen molar-refractivity contribution >= 4 is 26.7 Å². The molecule has 2 aromatic rings. The van der Waals surface area contributed by atoms with Gasteiger partial charge >= 0.3 is 0 Å². The van der Waals surface area contributed by atoms with E-state index in [1.54, 1.807) is 0 Å². The number of sulfonamides is 1. The van der Waals surface area contributed by atoms with E-state index < -0.39 is 10.0 Å². The minimum absolute atomic E-state index is 0.0662. The van der Waals surface area contributed by atoms with Crippen molar-refractivity contribution in [3.63, 3.8) is 0 Å². The topological polar surface area (TPSA) is 78.8 Å². The number of likely N-dealkylation sites (tertiary alicyclic amines) is 1. The highest BCUT2D eigenvalue weighted by Gasteiger charge is 2.36. The van der Waals surface area contributed by atoms with Crippen LogP contribution in [0.15, 0.2) is 64.6 Å². The van der Waals surface area contributed by atoms with E-state index in [2.05, 4.69) is 28.8 Å². The van der Waals surface area contributed by atoms with Crippen molar-refractivity contribution in [1.29, 1.82) is 0 Å². The van der Waals surface area contributed by atoms with Gasteiger partial charge in [-0.15, -0.1) is 4.40 Å². The second-order valence-corrected chi connectivity index (χ2v) is 10.8. The number of piperidine rings is 1. The van der Waals surface area contributed by atoms with E-state index in [0.717, 1.165) is 11.1 Å². The van der Waals surface area contributed by atoms with Gasteiger partial charge in [0.1, 0.15) is 10.7 Å². The molecular formula is C27H33N3O3S. The zero-order valence-electron chi connectivity index (χ0n) is 20.1. The van der Waals surface area contributed by atoms with Gasteiger partial charge in [0.15, 0.2) is 0 Å². The number of hydrogen-bond donors (Lipinski definition) is 1. The van der Waals surface area contributed by atoms with Gasteiger partial charge in [0, 0.05) is 31.1 Å². The predicted molar refractivity (Wildman–Crippen MR) is 137 cm³/mol. The number of nitrogens with zero attached hydrogens (tertiary/aromatic N) is 2. The summed E-state index contributed by atoms with van der Waals surface area (Å²) < 4.78 is 30.1. The maximum absolute atomic E-state index is 13.0. The summed E-state index contributed by atoms with van der Waals surface area (Å²) in [6.07, 6.45) is 1.95. The first kappa shape index (κ1) is 24.2. The van der Waals surface area contributed by atoms with Gasteiger partial charge in [0.25, 0.3) is 10.0 Å². The summed E-state index contributed by atoms with van der Waals surface area (Å²) in [6, 6.07) is 17.7. The molecule has 2 heterocycles. The Morgan fingerprint density at radius 3 is 2.35 bits per heavy atom. The van der Waals surface area contributed by atoms with Crippen LogP contribution in [-0.4, -0.2) is 44.7 Å². The quantitative estimate of drug-likeness (QED) is 0.662. The van der Waals surface area contributed by atoms with Gasteiger partial charge in [-0.05, 0) is 43.2 Å². The van der Waals surface area contributed by atoms with Crippen LogP contribution >= 0.6 is 0 Å². The largest absolute Gasteiger partial charge is 0.356 e. The summed E-state index contributed by atoms with van der Waals surface area (Å²) in [7, 11) is -3.74. The van der Waals surface area contributed by atoms with Gasteiger partial charge in [0.2, 0.25) is 5.91 Å². The molecule has 2 aliphatic rings. The van der Waals surface area contributed by atoms with E-state index in [1.165, 1.54) is 5.56 Å². The second kappa shape index (κ2) is 10.1. The molecule has 1 fully saturated rings. The summed E-state index contributed by atoms with van der Waals surface area (Å²) in [4.78, 5) is 15.1. The molecule has 1 atom stereocenters. The average Bonchev–Trinajstić information content (AvgIpc) is 3.13. The Kier molecular flexibility index (Phi) is 7.22. The molecule has 0 saturated carbocycles. The summed E-state index contributed by atoms with van der Waals surface area (Å²) in [5, 5.41) is 3.11. The molecular weight excluding hydrogens is 446 g/mol. The minimum atomic E-state index is -3.74. The number of aryl methyl sites for hydroxylation is 1. The standard InChI is InChI=1S/C27H33N3O3S/c1-4-24-25(22-12-10-19(2)11-13-22)34(32,33)29-26(24)30-16-14-23(15-17-30)27(31)28-18-20(3)21-8-6-5-7-9-21/h5-13,20,23H,4,14-18H2,1-3H3,(H,28,31)/t20-/m0/s1. The van der Waals surface area contributed by atoms with Gasteiger partial charge in [0.05, 0.1) is 0 Å². The summed E-state index contributed by atoms with van der Waals surface area (Å²) >= 11 is 0. The lowest BCUT2D eigenvalue weighted by atomic mass is 9.94. The van der Waals surface area contributed by atoms with Gasteiger partial charge in [-0.2, -0.15) is 8.42 Å². The van der Waals surface area contributed by atoms with Crippen molar-refractivity contribution in [1.82, 2.24) is 10.2 Å². The highest BCUT2D eigenvalue weighted by molar-refractivity contribution is 8.00. The molecule has 0 aliphatic carbocycles. The first-order valence-corrected chi connectivity index (χ1v) is 13.5. The number of amides is 1. The van der Waals surface area contributed by atoms with Crippen LogP contribution in [-0.2, 0) is 14.8 Å². The van der Waals surface area contributed by atoms with Crippen molar-refractivity contribution in [2.45, 2.75) is 46.0 Å². The number of amidine groups is 1. The maximum atomic E-state index is 13.0. The number of hydrogen-bond acceptors (Lipinski definition) is 4. The third kappa shape index (κ3) is 5.09. The van der Waals surface area contributed by atoms with E-state index >= 15 is 0 Å². The molecule has 7 heteroatoms. The van der Waals surface area contributed by atoms with Crippen molar-refractivity contribution in [2.75, 3.05) is 19.6 Å². The van der Waals surface area contributed by atoms with Gasteiger partial charge < -0.3 is 10.2 Å². The smallest absolute Gasteiger partial charge is 0.285 e. The van der Waals surface area contributed by atoms with Gasteiger partial charge in [-0.1, -0.05) is 74.0 Å². The lowest BCUT2D eigenvalue weighted by Crippen LogP contribution is -2.43. The van der Waals surface area contributed by atoms with Crippen LogP contribution in [0.2, 0.25) is 0 Å². The molecule has 34 heavy (non-hydrogen) atoms. The maximum Gasteiger partial charge on any atom is 0.285 e. The van der Waals surface area contributed by atoms with Crippen LogP contribution in [0.1, 0.15) is 55.7 Å². The Labute approximate surface area is 202 Å². The molecule has 2 aromatic carbocycles. The first-order valence-electron chi connectivity index (χ1n) is 12.0. The number of carbonyl (C=O) groups excluding carboxylic acids is 1. The molecule has 0 aromatic heterocycles. The van der Waals surface area contributed by atoms with Crippen LogP contribution < -0.4 is 5.32 Å². The molecule has 2 aliphatic heterocycles. The third-order valence-electron chi connectivity index (χ3n) is 6.79. The fourth-order valence-electron chi connectivity index (χ4n) is 4.72. The van der Waals surface area contributed by atoms with Gasteiger partial charge in [-0.25, -0.2) is 0 Å². The zero-order valence-corrected chi connectivity index (χ0v) is 20.9. The molecule has 0 spiro atoms. The Bertz CT molecular complexity index is 1190. The van der Waals surface area contributed by atoms with Crippen molar-refractivity contribution in [3.05, 3.63) is 76.9 Å². The van der Waals surface area contributed by atoms with E-state index in [-0.39, 0.29) is 17.7 Å². The highest BCUT2D eigenvalue weighted by Crippen LogP contribution is 2.36. The average molecular weight is 480 g/mol. The van der Waals surface area contributed by atoms with Crippen molar-refractivity contribution in [2.24, 2.45) is 10.3 Å². The highest BCUT2D eigenvalue weighted by atomic mass is 32.2. The molecule has 1 saturated heterocycles. The number of rotatable bonds is 6. The normalized spacial score (nSPS) is 19.1. The second-order valence-electron chi connectivity index (χ2n) is 9.24. The molecule has 4 rings (SSSR count). The minimum Gasteiger partial charge on any atom is -0.356 e. The third-order valence-corrected chi connectivity index (χ3v) is 8.20. The van der Waals surface area contributed by atoms with Crippen LogP contribution in [0.4, 0.5) is 0 Å². The van der Waals surface area contributed by atoms with E-state index in [1.807, 2.05) is 61.2 Å². The Balaban J connectivity index is 1.40. The summed E-state index contributed by atoms with van der Waals surface area (Å²) in [5.41, 5.74) is 3.74. The van der Waals surface area contributed by atoms with Crippen LogP contribution in [0.5, 0.6) is 0 Å². The first-order chi connectivity index (χ1) is 16.3. The van der Waals surface area contributed by atoms with Crippen LogP contribution in [0.25, 0.3) is 4.91 Å². The molecule has 1 N–H and O–H groups in total. The molecule has 180 valence electrons. The molecule has 6 nitrogen and oxygen atoms in total. The Morgan fingerprint density at radius 1 is 1.09 bits per heavy atom. The Morgan fingerprint density at radius 2 is 1.74 bits per heavy atom. The van der Waals surface area contributed by atoms with E-state index in [9.17, 15) is 13.2 Å². The van der Waals surface area contributed by atoms with Crippen molar-refractivity contribution < 1.29 is 13.2 Å². The number of nitrogens with one attached hydrogen (secondary N) is 1. The number of benzene rings is 2. The summed E-state index contributed by atoms with van der Waals surface area (Å²) in [6.45, 7) is 7.90. The van der Waals surface area contributed by atoms with Gasteiger partial charge in [-0.3, -0.25) is 4.79 Å². The molecule has 0 radical (unpaired) electrons. The SMILES string of the molecule is CCC1=C(c2ccc(C)cc2)S(=O)(=O)N=C1N1CCC(C(=O)NC[C@H](C)c2ccccc2)CC1. The predicted octanol–water partition coefficient (Wildman–Crippen LogP) is 4.49. The number of carbonyl (C=O) groups is 1. The molecule has 0 bridgehead atoms. The summed E-state index contributed by atoms with van der Waals surface area (Å²) in [5.74, 6) is 0.814. The fraction of sp³-hybridized carbons (Fsp3) is 0.407. The lowest BCUT2D eigenvalue weighted by Gasteiger charge is -2.33. The van der Waals surface area contributed by atoms with Crippen LogP contribution in [0, 0.1) is 12.8 Å². The van der Waals surface area contributed by atoms with E-state index in [4.69, 9.17) is 0 Å². The Hall–Kier alpha value is -2.93. The zero-order chi connectivity index (χ0) is 24.3.